The van der Waals surface area contributed by atoms with E-state index in [0.29, 0.717) is 25.6 Å². The summed E-state index contributed by atoms with van der Waals surface area (Å²) in [7, 11) is 1.57. The van der Waals surface area contributed by atoms with Gasteiger partial charge in [-0.1, -0.05) is 13.8 Å². The van der Waals surface area contributed by atoms with E-state index < -0.39 is 0 Å². The SMILES string of the molecule is CNC(=O)NC[C@H]1CCCN1C(=O)OCC(C)C. The molecule has 0 radical (unpaired) electrons. The second-order valence-corrected chi connectivity index (χ2v) is 4.92. The molecule has 0 bridgehead atoms. The molecule has 6 heteroatoms. The third-order valence-electron chi connectivity index (χ3n) is 2.88. The van der Waals surface area contributed by atoms with Gasteiger partial charge < -0.3 is 20.3 Å². The lowest BCUT2D eigenvalue weighted by molar-refractivity contribution is 0.0882. The van der Waals surface area contributed by atoms with Crippen molar-refractivity contribution >= 4 is 12.1 Å². The number of hydrogen-bond acceptors (Lipinski definition) is 3. The van der Waals surface area contributed by atoms with E-state index in [1.54, 1.807) is 11.9 Å². The van der Waals surface area contributed by atoms with Crippen LogP contribution >= 0.6 is 0 Å². The first-order chi connectivity index (χ1) is 8.54. The average Bonchev–Trinajstić information content (AvgIpc) is 2.81. The molecule has 1 saturated heterocycles. The Morgan fingerprint density at radius 3 is 2.78 bits per heavy atom. The summed E-state index contributed by atoms with van der Waals surface area (Å²) in [6, 6.07) is -0.181. The number of hydrogen-bond donors (Lipinski definition) is 2. The molecule has 0 aromatic carbocycles. The Labute approximate surface area is 108 Å². The molecule has 0 unspecified atom stereocenters. The van der Waals surface area contributed by atoms with Gasteiger partial charge in [-0.25, -0.2) is 9.59 Å². The van der Waals surface area contributed by atoms with Crippen LogP contribution in [0.4, 0.5) is 9.59 Å². The molecule has 0 aromatic rings. The number of amides is 3. The van der Waals surface area contributed by atoms with E-state index in [0.717, 1.165) is 12.8 Å². The minimum Gasteiger partial charge on any atom is -0.449 e. The van der Waals surface area contributed by atoms with Gasteiger partial charge in [0.05, 0.1) is 12.6 Å². The quantitative estimate of drug-likeness (QED) is 0.794. The maximum absolute atomic E-state index is 11.8. The van der Waals surface area contributed by atoms with Gasteiger partial charge in [0, 0.05) is 20.1 Å². The Morgan fingerprint density at radius 1 is 1.44 bits per heavy atom. The lowest BCUT2D eigenvalue weighted by atomic mass is 10.2. The normalized spacial score (nSPS) is 18.9. The van der Waals surface area contributed by atoms with Crippen LogP contribution in [0.1, 0.15) is 26.7 Å². The van der Waals surface area contributed by atoms with Gasteiger partial charge in [0.1, 0.15) is 0 Å². The summed E-state index contributed by atoms with van der Waals surface area (Å²) in [5.74, 6) is 0.332. The van der Waals surface area contributed by atoms with E-state index in [1.165, 1.54) is 0 Å². The first-order valence-corrected chi connectivity index (χ1v) is 6.43. The molecule has 18 heavy (non-hydrogen) atoms. The minimum atomic E-state index is -0.273. The molecular weight excluding hydrogens is 234 g/mol. The van der Waals surface area contributed by atoms with Gasteiger partial charge >= 0.3 is 12.1 Å². The van der Waals surface area contributed by atoms with Gasteiger partial charge in [-0.15, -0.1) is 0 Å². The van der Waals surface area contributed by atoms with Crippen LogP contribution in [0.5, 0.6) is 0 Å². The van der Waals surface area contributed by atoms with Crippen molar-refractivity contribution in [3.8, 4) is 0 Å². The highest BCUT2D eigenvalue weighted by Gasteiger charge is 2.30. The number of nitrogens with one attached hydrogen (secondary N) is 2. The van der Waals surface area contributed by atoms with Crippen LogP contribution in [-0.2, 0) is 4.74 Å². The molecule has 2 N–H and O–H groups in total. The van der Waals surface area contributed by atoms with E-state index >= 15 is 0 Å². The zero-order valence-electron chi connectivity index (χ0n) is 11.4. The van der Waals surface area contributed by atoms with E-state index in [9.17, 15) is 9.59 Å². The van der Waals surface area contributed by atoms with E-state index in [4.69, 9.17) is 4.74 Å². The maximum atomic E-state index is 11.8. The number of likely N-dealkylation sites (tertiary alicyclic amines) is 1. The van der Waals surface area contributed by atoms with Crippen LogP contribution in [0.25, 0.3) is 0 Å². The van der Waals surface area contributed by atoms with Crippen LogP contribution in [0.2, 0.25) is 0 Å². The van der Waals surface area contributed by atoms with Gasteiger partial charge in [0.2, 0.25) is 0 Å². The van der Waals surface area contributed by atoms with Crippen molar-refractivity contribution in [3.05, 3.63) is 0 Å². The first kappa shape index (κ1) is 14.6. The summed E-state index contributed by atoms with van der Waals surface area (Å²) in [4.78, 5) is 24.7. The molecule has 1 rings (SSSR count). The van der Waals surface area contributed by atoms with Crippen molar-refractivity contribution in [3.63, 3.8) is 0 Å². The Hall–Kier alpha value is -1.46. The molecule has 0 aliphatic carbocycles. The number of urea groups is 1. The lowest BCUT2D eigenvalue weighted by Crippen LogP contribution is -2.45. The summed E-state index contributed by atoms with van der Waals surface area (Å²) in [5.41, 5.74) is 0. The summed E-state index contributed by atoms with van der Waals surface area (Å²) in [6.45, 7) is 5.61. The maximum Gasteiger partial charge on any atom is 0.410 e. The highest BCUT2D eigenvalue weighted by Crippen LogP contribution is 2.17. The monoisotopic (exact) mass is 257 g/mol. The Morgan fingerprint density at radius 2 is 2.17 bits per heavy atom. The second kappa shape index (κ2) is 7.08. The summed E-state index contributed by atoms with van der Waals surface area (Å²) >= 11 is 0. The number of nitrogens with zero attached hydrogens (tertiary/aromatic N) is 1. The molecule has 0 aromatic heterocycles. The number of carbonyl (C=O) groups is 2. The fourth-order valence-electron chi connectivity index (χ4n) is 1.91. The van der Waals surface area contributed by atoms with Crippen molar-refractivity contribution < 1.29 is 14.3 Å². The van der Waals surface area contributed by atoms with Gasteiger partial charge in [-0.3, -0.25) is 0 Å². The molecule has 0 saturated carbocycles. The highest BCUT2D eigenvalue weighted by molar-refractivity contribution is 5.73. The van der Waals surface area contributed by atoms with Crippen molar-refractivity contribution in [1.29, 1.82) is 0 Å². The summed E-state index contributed by atoms with van der Waals surface area (Å²) in [5, 5.41) is 5.21. The molecule has 1 aliphatic heterocycles. The summed E-state index contributed by atoms with van der Waals surface area (Å²) < 4.78 is 5.21. The fourth-order valence-corrected chi connectivity index (χ4v) is 1.91. The van der Waals surface area contributed by atoms with E-state index in [2.05, 4.69) is 10.6 Å². The van der Waals surface area contributed by atoms with Crippen molar-refractivity contribution in [2.24, 2.45) is 5.92 Å². The third-order valence-corrected chi connectivity index (χ3v) is 2.88. The predicted octanol–water partition coefficient (Wildman–Crippen LogP) is 1.17. The van der Waals surface area contributed by atoms with Gasteiger partial charge in [0.15, 0.2) is 0 Å². The number of carbonyl (C=O) groups excluding carboxylic acids is 2. The minimum absolute atomic E-state index is 0.0435. The topological polar surface area (TPSA) is 70.7 Å². The predicted molar refractivity (Wildman–Crippen MR) is 68.4 cm³/mol. The largest absolute Gasteiger partial charge is 0.449 e. The molecule has 1 fully saturated rings. The Balaban J connectivity index is 2.38. The van der Waals surface area contributed by atoms with Crippen molar-refractivity contribution in [2.75, 3.05) is 26.7 Å². The zero-order chi connectivity index (χ0) is 13.5. The molecule has 6 nitrogen and oxygen atoms in total. The molecular formula is C12H23N3O3. The molecule has 104 valence electrons. The van der Waals surface area contributed by atoms with Crippen LogP contribution < -0.4 is 10.6 Å². The molecule has 3 amide bonds. The molecule has 1 heterocycles. The van der Waals surface area contributed by atoms with Gasteiger partial charge in [0.25, 0.3) is 0 Å². The first-order valence-electron chi connectivity index (χ1n) is 6.43. The average molecular weight is 257 g/mol. The van der Waals surface area contributed by atoms with E-state index in [-0.39, 0.29) is 18.2 Å². The van der Waals surface area contributed by atoms with Gasteiger partial charge in [-0.05, 0) is 18.8 Å². The smallest absolute Gasteiger partial charge is 0.410 e. The van der Waals surface area contributed by atoms with E-state index in [1.807, 2.05) is 13.8 Å². The van der Waals surface area contributed by atoms with Crippen LogP contribution in [0.15, 0.2) is 0 Å². The number of rotatable bonds is 4. The Kier molecular flexibility index (Phi) is 5.74. The molecule has 1 atom stereocenters. The van der Waals surface area contributed by atoms with Crippen molar-refractivity contribution in [1.82, 2.24) is 15.5 Å². The number of ether oxygens (including phenoxy) is 1. The zero-order valence-corrected chi connectivity index (χ0v) is 11.4. The highest BCUT2D eigenvalue weighted by atomic mass is 16.6. The molecule has 1 aliphatic rings. The van der Waals surface area contributed by atoms with Crippen LogP contribution in [-0.4, -0.2) is 49.8 Å². The van der Waals surface area contributed by atoms with Crippen molar-refractivity contribution in [2.45, 2.75) is 32.7 Å². The lowest BCUT2D eigenvalue weighted by Gasteiger charge is -2.24. The molecule has 0 spiro atoms. The third kappa shape index (κ3) is 4.43. The second-order valence-electron chi connectivity index (χ2n) is 4.92. The Bertz CT molecular complexity index is 294. The van der Waals surface area contributed by atoms with Gasteiger partial charge in [-0.2, -0.15) is 0 Å². The summed E-state index contributed by atoms with van der Waals surface area (Å²) in [6.07, 6.45) is 1.59. The fraction of sp³-hybridized carbons (Fsp3) is 0.833. The van der Waals surface area contributed by atoms with Crippen LogP contribution in [0.3, 0.4) is 0 Å². The van der Waals surface area contributed by atoms with Crippen LogP contribution in [0, 0.1) is 5.92 Å². The standard InChI is InChI=1S/C12H23N3O3/c1-9(2)8-18-12(17)15-6-4-5-10(15)7-14-11(16)13-3/h9-10H,4-8H2,1-3H3,(H2,13,14,16)/t10-/m1/s1.